The molecule has 3 heteroatoms. The minimum absolute atomic E-state index is 0.0618. The SMILES string of the molecule is COCC(C)Oc1c(C(C)O)ccc2ccccc12. The van der Waals surface area contributed by atoms with Crippen LogP contribution in [0.4, 0.5) is 0 Å². The molecule has 0 bridgehead atoms. The zero-order valence-corrected chi connectivity index (χ0v) is 11.6. The number of benzene rings is 2. The Morgan fingerprint density at radius 1 is 1.11 bits per heavy atom. The van der Waals surface area contributed by atoms with E-state index in [9.17, 15) is 5.11 Å². The van der Waals surface area contributed by atoms with E-state index < -0.39 is 6.10 Å². The van der Waals surface area contributed by atoms with Crippen LogP contribution in [0.3, 0.4) is 0 Å². The van der Waals surface area contributed by atoms with Gasteiger partial charge in [-0.05, 0) is 19.2 Å². The maximum atomic E-state index is 9.90. The average Bonchev–Trinajstić information content (AvgIpc) is 2.39. The summed E-state index contributed by atoms with van der Waals surface area (Å²) in [6.07, 6.45) is -0.623. The lowest BCUT2D eigenvalue weighted by Crippen LogP contribution is -2.19. The first-order chi connectivity index (χ1) is 9.13. The van der Waals surface area contributed by atoms with E-state index in [-0.39, 0.29) is 6.10 Å². The number of aliphatic hydroxyl groups excluding tert-OH is 1. The fraction of sp³-hybridized carbons (Fsp3) is 0.375. The van der Waals surface area contributed by atoms with Crippen molar-refractivity contribution < 1.29 is 14.6 Å². The van der Waals surface area contributed by atoms with Crippen molar-refractivity contribution in [3.8, 4) is 5.75 Å². The smallest absolute Gasteiger partial charge is 0.133 e. The van der Waals surface area contributed by atoms with Crippen molar-refractivity contribution in [2.75, 3.05) is 13.7 Å². The number of hydrogen-bond donors (Lipinski definition) is 1. The molecule has 0 aromatic heterocycles. The molecule has 0 spiro atoms. The molecular formula is C16H20O3. The van der Waals surface area contributed by atoms with Crippen LogP contribution in [0.5, 0.6) is 5.75 Å². The maximum absolute atomic E-state index is 9.90. The highest BCUT2D eigenvalue weighted by Crippen LogP contribution is 2.34. The monoisotopic (exact) mass is 260 g/mol. The zero-order chi connectivity index (χ0) is 13.8. The van der Waals surface area contributed by atoms with Crippen LogP contribution in [-0.2, 0) is 4.74 Å². The third kappa shape index (κ3) is 3.06. The van der Waals surface area contributed by atoms with Crippen molar-refractivity contribution in [3.05, 3.63) is 42.0 Å². The highest BCUT2D eigenvalue weighted by Gasteiger charge is 2.15. The van der Waals surface area contributed by atoms with Crippen molar-refractivity contribution in [2.24, 2.45) is 0 Å². The summed E-state index contributed by atoms with van der Waals surface area (Å²) in [5.41, 5.74) is 0.807. The van der Waals surface area contributed by atoms with Crippen LogP contribution in [0.2, 0.25) is 0 Å². The van der Waals surface area contributed by atoms with E-state index in [2.05, 4.69) is 0 Å². The molecule has 2 rings (SSSR count). The topological polar surface area (TPSA) is 38.7 Å². The van der Waals surface area contributed by atoms with Gasteiger partial charge in [-0.3, -0.25) is 0 Å². The highest BCUT2D eigenvalue weighted by molar-refractivity contribution is 5.89. The van der Waals surface area contributed by atoms with Gasteiger partial charge in [0.2, 0.25) is 0 Å². The molecular weight excluding hydrogens is 240 g/mol. The standard InChI is InChI=1S/C16H20O3/c1-11(10-18-3)19-16-14(12(2)17)9-8-13-6-4-5-7-15(13)16/h4-9,11-12,17H,10H2,1-3H3. The quantitative estimate of drug-likeness (QED) is 0.896. The third-order valence-corrected chi connectivity index (χ3v) is 3.08. The van der Waals surface area contributed by atoms with Gasteiger partial charge in [-0.2, -0.15) is 0 Å². The summed E-state index contributed by atoms with van der Waals surface area (Å²) in [5, 5.41) is 12.0. The van der Waals surface area contributed by atoms with E-state index in [1.165, 1.54) is 0 Å². The number of methoxy groups -OCH3 is 1. The van der Waals surface area contributed by atoms with Crippen molar-refractivity contribution in [3.63, 3.8) is 0 Å². The molecule has 0 saturated heterocycles. The van der Waals surface area contributed by atoms with Gasteiger partial charge >= 0.3 is 0 Å². The van der Waals surface area contributed by atoms with Crippen LogP contribution in [0.1, 0.15) is 25.5 Å². The Bertz CT molecular complexity index is 549. The maximum Gasteiger partial charge on any atom is 0.133 e. The second-order valence-corrected chi connectivity index (χ2v) is 4.76. The Labute approximate surface area is 113 Å². The second-order valence-electron chi connectivity index (χ2n) is 4.76. The lowest BCUT2D eigenvalue weighted by Gasteiger charge is -2.20. The molecule has 3 nitrogen and oxygen atoms in total. The van der Waals surface area contributed by atoms with Crippen LogP contribution in [0.15, 0.2) is 36.4 Å². The molecule has 0 amide bonds. The molecule has 2 aromatic rings. The molecule has 0 aliphatic rings. The van der Waals surface area contributed by atoms with Crippen LogP contribution < -0.4 is 4.74 Å². The molecule has 0 saturated carbocycles. The molecule has 0 radical (unpaired) electrons. The van der Waals surface area contributed by atoms with Gasteiger partial charge in [0.15, 0.2) is 0 Å². The van der Waals surface area contributed by atoms with Gasteiger partial charge in [-0.1, -0.05) is 36.4 Å². The normalized spacial score (nSPS) is 14.3. The predicted octanol–water partition coefficient (Wildman–Crippen LogP) is 3.31. The van der Waals surface area contributed by atoms with E-state index in [0.29, 0.717) is 6.61 Å². The first kappa shape index (κ1) is 13.8. The Morgan fingerprint density at radius 3 is 2.53 bits per heavy atom. The van der Waals surface area contributed by atoms with Gasteiger partial charge in [0.05, 0.1) is 12.7 Å². The Kier molecular flexibility index (Phi) is 4.40. The van der Waals surface area contributed by atoms with Gasteiger partial charge < -0.3 is 14.6 Å². The van der Waals surface area contributed by atoms with Crippen molar-refractivity contribution in [1.82, 2.24) is 0 Å². The van der Waals surface area contributed by atoms with E-state index in [0.717, 1.165) is 22.1 Å². The lowest BCUT2D eigenvalue weighted by molar-refractivity contribution is 0.0897. The van der Waals surface area contributed by atoms with Crippen LogP contribution in [-0.4, -0.2) is 24.9 Å². The summed E-state index contributed by atoms with van der Waals surface area (Å²) in [7, 11) is 1.65. The molecule has 2 atom stereocenters. The Morgan fingerprint density at radius 2 is 1.84 bits per heavy atom. The van der Waals surface area contributed by atoms with E-state index in [1.54, 1.807) is 14.0 Å². The van der Waals surface area contributed by atoms with Gasteiger partial charge in [-0.15, -0.1) is 0 Å². The van der Waals surface area contributed by atoms with Crippen LogP contribution >= 0.6 is 0 Å². The summed E-state index contributed by atoms with van der Waals surface area (Å²) in [5.74, 6) is 0.748. The number of aliphatic hydroxyl groups is 1. The summed E-state index contributed by atoms with van der Waals surface area (Å²) < 4.78 is 11.1. The average molecular weight is 260 g/mol. The molecule has 102 valence electrons. The second kappa shape index (κ2) is 6.04. The molecule has 0 heterocycles. The van der Waals surface area contributed by atoms with Crippen molar-refractivity contribution in [2.45, 2.75) is 26.1 Å². The molecule has 2 unspecified atom stereocenters. The summed E-state index contributed by atoms with van der Waals surface area (Å²) >= 11 is 0. The van der Waals surface area contributed by atoms with Gasteiger partial charge in [0.1, 0.15) is 11.9 Å². The molecule has 0 fully saturated rings. The highest BCUT2D eigenvalue weighted by atomic mass is 16.5. The van der Waals surface area contributed by atoms with Gasteiger partial charge in [0.25, 0.3) is 0 Å². The van der Waals surface area contributed by atoms with Crippen LogP contribution in [0, 0.1) is 0 Å². The molecule has 1 N–H and O–H groups in total. The van der Waals surface area contributed by atoms with Crippen molar-refractivity contribution >= 4 is 10.8 Å². The lowest BCUT2D eigenvalue weighted by atomic mass is 10.0. The van der Waals surface area contributed by atoms with Crippen molar-refractivity contribution in [1.29, 1.82) is 0 Å². The number of hydrogen-bond acceptors (Lipinski definition) is 3. The number of rotatable bonds is 5. The first-order valence-corrected chi connectivity index (χ1v) is 6.48. The summed E-state index contributed by atoms with van der Waals surface area (Å²) in [6, 6.07) is 11.9. The van der Waals surface area contributed by atoms with Crippen LogP contribution in [0.25, 0.3) is 10.8 Å². The fourth-order valence-electron chi connectivity index (χ4n) is 2.19. The minimum atomic E-state index is -0.561. The Hall–Kier alpha value is -1.58. The van der Waals surface area contributed by atoms with E-state index >= 15 is 0 Å². The molecule has 0 aliphatic heterocycles. The minimum Gasteiger partial charge on any atom is -0.487 e. The predicted molar refractivity (Wildman–Crippen MR) is 76.5 cm³/mol. The fourth-order valence-corrected chi connectivity index (χ4v) is 2.19. The van der Waals surface area contributed by atoms with E-state index in [1.807, 2.05) is 43.3 Å². The number of fused-ring (bicyclic) bond motifs is 1. The summed E-state index contributed by atoms with van der Waals surface area (Å²) in [6.45, 7) is 4.22. The first-order valence-electron chi connectivity index (χ1n) is 6.48. The zero-order valence-electron chi connectivity index (χ0n) is 11.6. The Balaban J connectivity index is 2.49. The summed E-state index contributed by atoms with van der Waals surface area (Å²) in [4.78, 5) is 0. The number of ether oxygens (including phenoxy) is 2. The molecule has 0 aliphatic carbocycles. The molecule has 19 heavy (non-hydrogen) atoms. The largest absolute Gasteiger partial charge is 0.487 e. The van der Waals surface area contributed by atoms with E-state index in [4.69, 9.17) is 9.47 Å². The van der Waals surface area contributed by atoms with Gasteiger partial charge in [0, 0.05) is 18.1 Å². The van der Waals surface area contributed by atoms with Gasteiger partial charge in [-0.25, -0.2) is 0 Å². The third-order valence-electron chi connectivity index (χ3n) is 3.08. The molecule has 2 aromatic carbocycles.